The predicted octanol–water partition coefficient (Wildman–Crippen LogP) is 2.80. The van der Waals surface area contributed by atoms with Crippen molar-refractivity contribution in [1.82, 2.24) is 4.98 Å². The van der Waals surface area contributed by atoms with Gasteiger partial charge in [0.15, 0.2) is 0 Å². The smallest absolute Gasteiger partial charge is 0.242 e. The number of pyridine rings is 1. The summed E-state index contributed by atoms with van der Waals surface area (Å²) in [7, 11) is 0. The summed E-state index contributed by atoms with van der Waals surface area (Å²) in [5, 5.41) is 3.29. The van der Waals surface area contributed by atoms with Gasteiger partial charge in [0.1, 0.15) is 5.75 Å². The summed E-state index contributed by atoms with van der Waals surface area (Å²) in [5.41, 5.74) is 2.09. The molecule has 3 nitrogen and oxygen atoms in total. The number of nitrogens with one attached hydrogen (secondary N) is 1. The zero-order chi connectivity index (χ0) is 10.1. The number of para-hydroxylation sites is 1. The van der Waals surface area contributed by atoms with Crippen molar-refractivity contribution in [2.75, 3.05) is 5.32 Å². The molecule has 0 aliphatic carbocycles. The van der Waals surface area contributed by atoms with E-state index in [2.05, 4.69) is 10.3 Å². The molecule has 3 heteroatoms. The molecule has 1 N–H and O–H groups in total. The molecule has 1 aromatic carbocycles. The van der Waals surface area contributed by atoms with Gasteiger partial charge in [-0.3, -0.25) is 0 Å². The maximum Gasteiger partial charge on any atom is 0.242 e. The summed E-state index contributed by atoms with van der Waals surface area (Å²) < 4.78 is 5.73. The Morgan fingerprint density at radius 2 is 2.07 bits per heavy atom. The van der Waals surface area contributed by atoms with Crippen LogP contribution in [0.1, 0.15) is 5.56 Å². The van der Waals surface area contributed by atoms with Gasteiger partial charge in [0.05, 0.1) is 5.69 Å². The van der Waals surface area contributed by atoms with Crippen LogP contribution >= 0.6 is 0 Å². The second-order valence-corrected chi connectivity index (χ2v) is 3.42. The molecule has 2 aromatic rings. The first-order valence-electron chi connectivity index (χ1n) is 4.88. The molecule has 0 bridgehead atoms. The molecule has 0 atom stereocenters. The molecular weight excluding hydrogens is 188 g/mol. The molecule has 0 unspecified atom stereocenters. The van der Waals surface area contributed by atoms with E-state index < -0.39 is 0 Å². The number of benzene rings is 1. The number of nitrogens with zero attached hydrogens (tertiary/aromatic N) is 1. The van der Waals surface area contributed by atoms with Gasteiger partial charge in [0.25, 0.3) is 0 Å². The van der Waals surface area contributed by atoms with Gasteiger partial charge < -0.3 is 10.1 Å². The third-order valence-electron chi connectivity index (χ3n) is 2.42. The number of anilines is 1. The number of rotatable bonds is 0. The van der Waals surface area contributed by atoms with Crippen LogP contribution in [0.4, 0.5) is 5.69 Å². The number of ether oxygens (including phenoxy) is 1. The normalized spacial score (nSPS) is 12.8. The summed E-state index contributed by atoms with van der Waals surface area (Å²) in [6.45, 7) is 0.773. The zero-order valence-corrected chi connectivity index (χ0v) is 8.10. The molecule has 74 valence electrons. The standard InChI is InChI=1S/C12H10N2O/c1-2-6-11-9(4-1)8-14-10-5-3-7-13-12(10)15-11/h1-7,14H,8H2. The Hall–Kier alpha value is -2.03. The molecule has 1 aromatic heterocycles. The van der Waals surface area contributed by atoms with Crippen molar-refractivity contribution >= 4 is 5.69 Å². The van der Waals surface area contributed by atoms with E-state index in [0.29, 0.717) is 5.88 Å². The van der Waals surface area contributed by atoms with Crippen molar-refractivity contribution in [2.45, 2.75) is 6.54 Å². The molecular formula is C12H10N2O. The third-order valence-corrected chi connectivity index (χ3v) is 2.42. The van der Waals surface area contributed by atoms with Crippen LogP contribution in [-0.2, 0) is 6.54 Å². The number of hydrogen-bond acceptors (Lipinski definition) is 3. The fourth-order valence-corrected chi connectivity index (χ4v) is 1.65. The highest BCUT2D eigenvalue weighted by molar-refractivity contribution is 5.56. The van der Waals surface area contributed by atoms with Crippen molar-refractivity contribution in [2.24, 2.45) is 0 Å². The quantitative estimate of drug-likeness (QED) is 0.706. The lowest BCUT2D eigenvalue weighted by Crippen LogP contribution is -1.96. The van der Waals surface area contributed by atoms with E-state index in [1.54, 1.807) is 6.20 Å². The van der Waals surface area contributed by atoms with Crippen LogP contribution in [0.15, 0.2) is 42.6 Å². The maximum absolute atomic E-state index is 5.73. The third kappa shape index (κ3) is 1.42. The molecule has 1 aliphatic rings. The second-order valence-electron chi connectivity index (χ2n) is 3.42. The SMILES string of the molecule is c1ccc2c(c1)CNc1cccnc1O2. The number of fused-ring (bicyclic) bond motifs is 2. The summed E-state index contributed by atoms with van der Waals surface area (Å²) in [4.78, 5) is 4.19. The highest BCUT2D eigenvalue weighted by Crippen LogP contribution is 2.32. The van der Waals surface area contributed by atoms with E-state index in [9.17, 15) is 0 Å². The largest absolute Gasteiger partial charge is 0.437 e. The van der Waals surface area contributed by atoms with E-state index in [4.69, 9.17) is 4.74 Å². The fourth-order valence-electron chi connectivity index (χ4n) is 1.65. The van der Waals surface area contributed by atoms with E-state index in [-0.39, 0.29) is 0 Å². The molecule has 0 saturated carbocycles. The molecule has 15 heavy (non-hydrogen) atoms. The topological polar surface area (TPSA) is 34.2 Å². The summed E-state index contributed by atoms with van der Waals surface area (Å²) >= 11 is 0. The van der Waals surface area contributed by atoms with Crippen molar-refractivity contribution in [1.29, 1.82) is 0 Å². The van der Waals surface area contributed by atoms with Crippen LogP contribution in [0, 0.1) is 0 Å². The Kier molecular flexibility index (Phi) is 1.81. The first-order chi connectivity index (χ1) is 7.43. The highest BCUT2D eigenvalue weighted by Gasteiger charge is 2.13. The van der Waals surface area contributed by atoms with Crippen molar-refractivity contribution in [3.63, 3.8) is 0 Å². The van der Waals surface area contributed by atoms with Crippen LogP contribution in [0.3, 0.4) is 0 Å². The average Bonchev–Trinajstić information content (AvgIpc) is 2.48. The molecule has 2 heterocycles. The lowest BCUT2D eigenvalue weighted by atomic mass is 10.2. The van der Waals surface area contributed by atoms with Crippen molar-refractivity contribution in [3.8, 4) is 11.6 Å². The van der Waals surface area contributed by atoms with Gasteiger partial charge in [-0.05, 0) is 18.2 Å². The Labute approximate surface area is 87.7 Å². The second kappa shape index (κ2) is 3.28. The Morgan fingerprint density at radius 3 is 3.07 bits per heavy atom. The predicted molar refractivity (Wildman–Crippen MR) is 58.1 cm³/mol. The highest BCUT2D eigenvalue weighted by atomic mass is 16.5. The molecule has 0 saturated heterocycles. The Balaban J connectivity index is 2.10. The summed E-state index contributed by atoms with van der Waals surface area (Å²) in [6.07, 6.45) is 1.73. The van der Waals surface area contributed by atoms with Gasteiger partial charge in [-0.1, -0.05) is 18.2 Å². The van der Waals surface area contributed by atoms with Gasteiger partial charge in [0, 0.05) is 18.3 Å². The van der Waals surface area contributed by atoms with E-state index in [1.807, 2.05) is 36.4 Å². The van der Waals surface area contributed by atoms with E-state index >= 15 is 0 Å². The molecule has 0 amide bonds. The zero-order valence-electron chi connectivity index (χ0n) is 8.10. The van der Waals surface area contributed by atoms with Crippen LogP contribution in [-0.4, -0.2) is 4.98 Å². The number of aromatic nitrogens is 1. The van der Waals surface area contributed by atoms with Gasteiger partial charge in [-0.15, -0.1) is 0 Å². The maximum atomic E-state index is 5.73. The minimum absolute atomic E-state index is 0.641. The van der Waals surface area contributed by atoms with E-state index in [1.165, 1.54) is 0 Å². The molecule has 1 aliphatic heterocycles. The van der Waals surface area contributed by atoms with Crippen LogP contribution in [0.2, 0.25) is 0 Å². The van der Waals surface area contributed by atoms with Crippen LogP contribution in [0.5, 0.6) is 11.6 Å². The van der Waals surface area contributed by atoms with Crippen LogP contribution < -0.4 is 10.1 Å². The average molecular weight is 198 g/mol. The molecule has 0 fully saturated rings. The lowest BCUT2D eigenvalue weighted by molar-refractivity contribution is 0.465. The van der Waals surface area contributed by atoms with Gasteiger partial charge in [-0.25, -0.2) is 4.98 Å². The summed E-state index contributed by atoms with van der Waals surface area (Å²) in [5.74, 6) is 1.52. The van der Waals surface area contributed by atoms with E-state index in [0.717, 1.165) is 23.5 Å². The van der Waals surface area contributed by atoms with Gasteiger partial charge >= 0.3 is 0 Å². The first-order valence-corrected chi connectivity index (χ1v) is 4.88. The molecule has 0 radical (unpaired) electrons. The minimum atomic E-state index is 0.641. The number of hydrogen-bond donors (Lipinski definition) is 1. The lowest BCUT2D eigenvalue weighted by Gasteiger charge is -2.05. The fraction of sp³-hybridized carbons (Fsp3) is 0.0833. The van der Waals surface area contributed by atoms with Crippen molar-refractivity contribution in [3.05, 3.63) is 48.2 Å². The summed E-state index contributed by atoms with van der Waals surface area (Å²) in [6, 6.07) is 11.8. The minimum Gasteiger partial charge on any atom is -0.437 e. The van der Waals surface area contributed by atoms with Gasteiger partial charge in [-0.2, -0.15) is 0 Å². The molecule has 0 spiro atoms. The van der Waals surface area contributed by atoms with Crippen LogP contribution in [0.25, 0.3) is 0 Å². The molecule has 3 rings (SSSR count). The van der Waals surface area contributed by atoms with Crippen molar-refractivity contribution < 1.29 is 4.74 Å². The Bertz CT molecular complexity index is 451. The van der Waals surface area contributed by atoms with Gasteiger partial charge in [0.2, 0.25) is 5.88 Å². The first kappa shape index (κ1) is 8.29. The monoisotopic (exact) mass is 198 g/mol. The Morgan fingerprint density at radius 1 is 1.13 bits per heavy atom.